The van der Waals surface area contributed by atoms with Gasteiger partial charge in [-0.3, -0.25) is 0 Å². The van der Waals surface area contributed by atoms with Gasteiger partial charge in [0.1, 0.15) is 17.5 Å². The van der Waals surface area contributed by atoms with Crippen molar-refractivity contribution in [2.24, 2.45) is 0 Å². The molecule has 1 rings (SSSR count). The molecule has 1 unspecified atom stereocenters. The molecular weight excluding hydrogens is 253 g/mol. The fourth-order valence-corrected chi connectivity index (χ4v) is 2.13. The Morgan fingerprint density at radius 1 is 0.947 bits per heavy atom. The van der Waals surface area contributed by atoms with Crippen molar-refractivity contribution in [1.82, 2.24) is 0 Å². The number of aliphatic hydroxyl groups excluding tert-OH is 1. The van der Waals surface area contributed by atoms with Gasteiger partial charge in [-0.25, -0.2) is 13.2 Å². The number of halogens is 3. The Balaban J connectivity index is 2.43. The topological polar surface area (TPSA) is 20.2 Å². The van der Waals surface area contributed by atoms with E-state index in [2.05, 4.69) is 6.92 Å². The maximum atomic E-state index is 13.4. The first kappa shape index (κ1) is 16.0. The normalized spacial score (nSPS) is 12.7. The highest BCUT2D eigenvalue weighted by Crippen LogP contribution is 2.26. The molecule has 0 aliphatic rings. The van der Waals surface area contributed by atoms with Gasteiger partial charge in [0, 0.05) is 12.1 Å². The van der Waals surface area contributed by atoms with Gasteiger partial charge in [0.2, 0.25) is 0 Å². The summed E-state index contributed by atoms with van der Waals surface area (Å²) in [7, 11) is 0. The summed E-state index contributed by atoms with van der Waals surface area (Å²) in [6.07, 6.45) is 5.29. The molecule has 1 nitrogen and oxygen atoms in total. The third kappa shape index (κ3) is 5.23. The largest absolute Gasteiger partial charge is 0.388 e. The minimum Gasteiger partial charge on any atom is -0.388 e. The van der Waals surface area contributed by atoms with Gasteiger partial charge in [0.25, 0.3) is 0 Å². The molecule has 0 heterocycles. The molecule has 1 aromatic carbocycles. The van der Waals surface area contributed by atoms with Gasteiger partial charge in [0.15, 0.2) is 0 Å². The van der Waals surface area contributed by atoms with Gasteiger partial charge >= 0.3 is 0 Å². The molecule has 0 saturated carbocycles. The lowest BCUT2D eigenvalue weighted by Crippen LogP contribution is -2.05. The van der Waals surface area contributed by atoms with E-state index in [0.29, 0.717) is 25.0 Å². The number of benzene rings is 1. The lowest BCUT2D eigenvalue weighted by atomic mass is 10.0. The molecule has 0 spiro atoms. The first-order valence-electron chi connectivity index (χ1n) is 6.88. The molecule has 0 aromatic heterocycles. The zero-order valence-electron chi connectivity index (χ0n) is 11.3. The molecule has 0 saturated heterocycles. The first-order chi connectivity index (χ1) is 9.06. The predicted octanol–water partition coefficient (Wildman–Crippen LogP) is 4.89. The molecule has 0 aliphatic heterocycles. The van der Waals surface area contributed by atoms with Crippen LogP contribution in [0.4, 0.5) is 13.2 Å². The predicted molar refractivity (Wildman–Crippen MR) is 69.3 cm³/mol. The van der Waals surface area contributed by atoms with Crippen LogP contribution in [0, 0.1) is 17.5 Å². The van der Waals surface area contributed by atoms with E-state index in [1.54, 1.807) is 0 Å². The molecule has 0 amide bonds. The quantitative estimate of drug-likeness (QED) is 0.669. The molecule has 19 heavy (non-hydrogen) atoms. The van der Waals surface area contributed by atoms with E-state index in [-0.39, 0.29) is 0 Å². The molecular formula is C15H21F3O. The van der Waals surface area contributed by atoms with Crippen LogP contribution in [0.2, 0.25) is 0 Å². The van der Waals surface area contributed by atoms with E-state index in [1.165, 1.54) is 6.42 Å². The molecule has 0 fully saturated rings. The van der Waals surface area contributed by atoms with Gasteiger partial charge in [0.05, 0.1) is 11.7 Å². The Morgan fingerprint density at radius 3 is 2.05 bits per heavy atom. The highest BCUT2D eigenvalue weighted by molar-refractivity contribution is 5.23. The van der Waals surface area contributed by atoms with Gasteiger partial charge in [-0.05, 0) is 6.42 Å². The molecule has 0 radical (unpaired) electrons. The second-order valence-corrected chi connectivity index (χ2v) is 4.86. The fraction of sp³-hybridized carbons (Fsp3) is 0.600. The first-order valence-corrected chi connectivity index (χ1v) is 6.88. The molecule has 0 bridgehead atoms. The van der Waals surface area contributed by atoms with Crippen LogP contribution in [0.3, 0.4) is 0 Å². The van der Waals surface area contributed by atoms with E-state index in [9.17, 15) is 18.3 Å². The van der Waals surface area contributed by atoms with Gasteiger partial charge in [-0.1, -0.05) is 45.4 Å². The number of hydrogen-bond acceptors (Lipinski definition) is 1. The van der Waals surface area contributed by atoms with Crippen LogP contribution in [0.5, 0.6) is 0 Å². The van der Waals surface area contributed by atoms with Gasteiger partial charge < -0.3 is 5.11 Å². The third-order valence-electron chi connectivity index (χ3n) is 3.21. The van der Waals surface area contributed by atoms with Crippen LogP contribution >= 0.6 is 0 Å². The average molecular weight is 274 g/mol. The molecule has 1 N–H and O–H groups in total. The zero-order valence-corrected chi connectivity index (χ0v) is 11.3. The average Bonchev–Trinajstić information content (AvgIpc) is 2.32. The standard InChI is InChI=1S/C15H21F3O/c1-2-3-4-5-6-7-8-14(19)15-12(17)9-11(16)10-13(15)18/h9-10,14,19H,2-8H2,1H3. The van der Waals surface area contributed by atoms with Crippen molar-refractivity contribution in [3.63, 3.8) is 0 Å². The van der Waals surface area contributed by atoms with Gasteiger partial charge in [-0.15, -0.1) is 0 Å². The third-order valence-corrected chi connectivity index (χ3v) is 3.21. The Kier molecular flexibility index (Phi) is 6.92. The Hall–Kier alpha value is -1.03. The van der Waals surface area contributed by atoms with E-state index in [0.717, 1.165) is 25.7 Å². The van der Waals surface area contributed by atoms with Crippen molar-refractivity contribution in [3.05, 3.63) is 35.1 Å². The summed E-state index contributed by atoms with van der Waals surface area (Å²) in [4.78, 5) is 0. The molecule has 4 heteroatoms. The van der Waals surface area contributed by atoms with Crippen LogP contribution in [0.25, 0.3) is 0 Å². The summed E-state index contributed by atoms with van der Waals surface area (Å²) in [5.74, 6) is -3.00. The van der Waals surface area contributed by atoms with Crippen LogP contribution in [0.15, 0.2) is 12.1 Å². The summed E-state index contributed by atoms with van der Waals surface area (Å²) in [5, 5.41) is 9.77. The Bertz CT molecular complexity index is 370. The Labute approximate surface area is 112 Å². The van der Waals surface area contributed by atoms with Crippen molar-refractivity contribution >= 4 is 0 Å². The second-order valence-electron chi connectivity index (χ2n) is 4.86. The monoisotopic (exact) mass is 274 g/mol. The van der Waals surface area contributed by atoms with Crippen molar-refractivity contribution in [2.75, 3.05) is 0 Å². The van der Waals surface area contributed by atoms with E-state index in [4.69, 9.17) is 0 Å². The maximum absolute atomic E-state index is 13.4. The fourth-order valence-electron chi connectivity index (χ4n) is 2.13. The highest BCUT2D eigenvalue weighted by Gasteiger charge is 2.18. The van der Waals surface area contributed by atoms with Crippen LogP contribution in [-0.2, 0) is 0 Å². The lowest BCUT2D eigenvalue weighted by Gasteiger charge is -2.13. The van der Waals surface area contributed by atoms with Crippen LogP contribution in [-0.4, -0.2) is 5.11 Å². The zero-order chi connectivity index (χ0) is 14.3. The van der Waals surface area contributed by atoms with E-state index in [1.807, 2.05) is 0 Å². The molecule has 1 atom stereocenters. The van der Waals surface area contributed by atoms with Crippen molar-refractivity contribution < 1.29 is 18.3 Å². The van der Waals surface area contributed by atoms with Gasteiger partial charge in [-0.2, -0.15) is 0 Å². The number of aliphatic hydroxyl groups is 1. The summed E-state index contributed by atoms with van der Waals surface area (Å²) in [6.45, 7) is 2.13. The van der Waals surface area contributed by atoms with Crippen molar-refractivity contribution in [1.29, 1.82) is 0 Å². The second kappa shape index (κ2) is 8.20. The van der Waals surface area contributed by atoms with Crippen molar-refractivity contribution in [3.8, 4) is 0 Å². The minimum atomic E-state index is -1.20. The summed E-state index contributed by atoms with van der Waals surface area (Å²) >= 11 is 0. The lowest BCUT2D eigenvalue weighted by molar-refractivity contribution is 0.153. The number of rotatable bonds is 8. The number of unbranched alkanes of at least 4 members (excludes halogenated alkanes) is 5. The van der Waals surface area contributed by atoms with E-state index < -0.39 is 29.1 Å². The molecule has 108 valence electrons. The molecule has 0 aliphatic carbocycles. The Morgan fingerprint density at radius 2 is 1.47 bits per heavy atom. The number of hydrogen-bond donors (Lipinski definition) is 1. The summed E-state index contributed by atoms with van der Waals surface area (Å²) in [6, 6.07) is 1.20. The maximum Gasteiger partial charge on any atom is 0.134 e. The molecule has 1 aromatic rings. The minimum absolute atomic E-state index is 0.297. The van der Waals surface area contributed by atoms with Crippen LogP contribution in [0.1, 0.15) is 63.5 Å². The smallest absolute Gasteiger partial charge is 0.134 e. The SMILES string of the molecule is CCCCCCCCC(O)c1c(F)cc(F)cc1F. The highest BCUT2D eigenvalue weighted by atomic mass is 19.1. The van der Waals surface area contributed by atoms with Crippen molar-refractivity contribution in [2.45, 2.75) is 58.0 Å². The summed E-state index contributed by atoms with van der Waals surface area (Å²) in [5.41, 5.74) is -0.421. The summed E-state index contributed by atoms with van der Waals surface area (Å²) < 4.78 is 39.5. The van der Waals surface area contributed by atoms with E-state index >= 15 is 0 Å². The van der Waals surface area contributed by atoms with Crippen LogP contribution < -0.4 is 0 Å².